The molecule has 0 saturated carbocycles. The molecule has 3 aromatic rings. The van der Waals surface area contributed by atoms with Crippen molar-refractivity contribution in [2.75, 3.05) is 13.7 Å². The van der Waals surface area contributed by atoms with Crippen molar-refractivity contribution in [3.05, 3.63) is 62.8 Å². The summed E-state index contributed by atoms with van der Waals surface area (Å²) in [5, 5.41) is 12.1. The zero-order chi connectivity index (χ0) is 20.5. The van der Waals surface area contributed by atoms with E-state index < -0.39 is 14.9 Å². The number of nitrogens with zero attached hydrogens (tertiary/aromatic N) is 1. The third kappa shape index (κ3) is 3.96. The topological polar surface area (TPSA) is 114 Å². The third-order valence-electron chi connectivity index (χ3n) is 4.46. The Morgan fingerprint density at radius 2 is 2.04 bits per heavy atom. The van der Waals surface area contributed by atoms with Gasteiger partial charge in [0.25, 0.3) is 5.69 Å². The van der Waals surface area contributed by atoms with E-state index in [0.29, 0.717) is 12.2 Å². The van der Waals surface area contributed by atoms with Gasteiger partial charge in [0, 0.05) is 35.3 Å². The average molecular weight is 424 g/mol. The maximum Gasteiger partial charge on any atom is 0.275 e. The Bertz CT molecular complexity index is 1160. The smallest absolute Gasteiger partial charge is 0.275 e. The van der Waals surface area contributed by atoms with Crippen LogP contribution in [0.2, 0.25) is 5.02 Å². The summed E-state index contributed by atoms with van der Waals surface area (Å²) in [6.07, 6.45) is 2.24. The molecule has 0 unspecified atom stereocenters. The van der Waals surface area contributed by atoms with Gasteiger partial charge in [-0.1, -0.05) is 11.6 Å². The number of benzene rings is 2. The number of ether oxygens (including phenoxy) is 1. The number of sulfonamides is 1. The number of fused-ring (bicyclic) bond motifs is 1. The molecule has 1 aromatic heterocycles. The Hall–Kier alpha value is -2.62. The fraction of sp³-hybridized carbons (Fsp3) is 0.222. The first-order chi connectivity index (χ1) is 13.2. The fourth-order valence-corrected chi connectivity index (χ4v) is 4.24. The highest BCUT2D eigenvalue weighted by molar-refractivity contribution is 7.89. The molecule has 2 aromatic carbocycles. The molecule has 0 spiro atoms. The molecule has 0 aliphatic carbocycles. The normalized spacial score (nSPS) is 11.7. The third-order valence-corrected chi connectivity index (χ3v) is 6.29. The van der Waals surface area contributed by atoms with Crippen LogP contribution in [0.15, 0.2) is 41.4 Å². The van der Waals surface area contributed by atoms with Crippen LogP contribution in [-0.2, 0) is 16.4 Å². The number of hydrogen-bond donors (Lipinski definition) is 2. The Morgan fingerprint density at radius 1 is 1.29 bits per heavy atom. The molecule has 10 heteroatoms. The molecule has 0 bridgehead atoms. The second kappa shape index (κ2) is 7.78. The van der Waals surface area contributed by atoms with Crippen LogP contribution in [0.5, 0.6) is 5.75 Å². The SMILES string of the molecule is COc1ccc2[nH]cc(CCNS(=O)(=O)c3cc(Cl)c(C)c([N+](=O)[O-])c3)c2c1. The van der Waals surface area contributed by atoms with Gasteiger partial charge in [0.2, 0.25) is 10.0 Å². The summed E-state index contributed by atoms with van der Waals surface area (Å²) in [5.74, 6) is 0.704. The van der Waals surface area contributed by atoms with Gasteiger partial charge in [-0.25, -0.2) is 13.1 Å². The van der Waals surface area contributed by atoms with E-state index in [0.717, 1.165) is 22.5 Å². The fourth-order valence-electron chi connectivity index (χ4n) is 2.88. The van der Waals surface area contributed by atoms with Gasteiger partial charge in [0.1, 0.15) is 5.75 Å². The predicted octanol–water partition coefficient (Wildman–Crippen LogP) is 3.57. The van der Waals surface area contributed by atoms with Crippen molar-refractivity contribution >= 4 is 38.2 Å². The molecule has 2 N–H and O–H groups in total. The van der Waals surface area contributed by atoms with E-state index in [1.54, 1.807) is 7.11 Å². The van der Waals surface area contributed by atoms with Crippen LogP contribution < -0.4 is 9.46 Å². The van der Waals surface area contributed by atoms with Crippen LogP contribution >= 0.6 is 11.6 Å². The minimum Gasteiger partial charge on any atom is -0.497 e. The van der Waals surface area contributed by atoms with Gasteiger partial charge in [0.15, 0.2) is 0 Å². The number of H-pyrrole nitrogens is 1. The standard InChI is InChI=1S/C18H18ClN3O5S/c1-11-16(19)8-14(9-18(11)22(23)24)28(25,26)21-6-5-12-10-20-17-4-3-13(27-2)7-15(12)17/h3-4,7-10,20-21H,5-6H2,1-2H3. The lowest BCUT2D eigenvalue weighted by Gasteiger charge is -2.09. The number of halogens is 1. The van der Waals surface area contributed by atoms with Crippen molar-refractivity contribution in [3.63, 3.8) is 0 Å². The molecule has 28 heavy (non-hydrogen) atoms. The number of aromatic amines is 1. The van der Waals surface area contributed by atoms with Gasteiger partial charge in [-0.3, -0.25) is 10.1 Å². The summed E-state index contributed by atoms with van der Waals surface area (Å²) in [5.41, 5.74) is 1.72. The van der Waals surface area contributed by atoms with Gasteiger partial charge in [-0.15, -0.1) is 0 Å². The Labute approximate surface area is 166 Å². The molecule has 0 aliphatic heterocycles. The van der Waals surface area contributed by atoms with Crippen molar-refractivity contribution in [1.29, 1.82) is 0 Å². The second-order valence-electron chi connectivity index (χ2n) is 6.18. The highest BCUT2D eigenvalue weighted by Gasteiger charge is 2.22. The monoisotopic (exact) mass is 423 g/mol. The van der Waals surface area contributed by atoms with Gasteiger partial charge >= 0.3 is 0 Å². The molecular formula is C18H18ClN3O5S. The molecule has 0 saturated heterocycles. The van der Waals surface area contributed by atoms with Gasteiger partial charge in [-0.2, -0.15) is 0 Å². The van der Waals surface area contributed by atoms with E-state index in [-0.39, 0.29) is 27.7 Å². The quantitative estimate of drug-likeness (QED) is 0.445. The predicted molar refractivity (Wildman–Crippen MR) is 107 cm³/mol. The van der Waals surface area contributed by atoms with Crippen molar-refractivity contribution in [2.24, 2.45) is 0 Å². The van der Waals surface area contributed by atoms with E-state index in [2.05, 4.69) is 9.71 Å². The number of hydrogen-bond acceptors (Lipinski definition) is 5. The number of methoxy groups -OCH3 is 1. The van der Waals surface area contributed by atoms with Crippen molar-refractivity contribution in [3.8, 4) is 5.75 Å². The average Bonchev–Trinajstić information content (AvgIpc) is 3.05. The number of nitro benzene ring substituents is 1. The summed E-state index contributed by atoms with van der Waals surface area (Å²) < 4.78 is 32.8. The molecular weight excluding hydrogens is 406 g/mol. The van der Waals surface area contributed by atoms with Crippen LogP contribution in [0.1, 0.15) is 11.1 Å². The van der Waals surface area contributed by atoms with Gasteiger partial charge in [-0.05, 0) is 43.2 Å². The highest BCUT2D eigenvalue weighted by atomic mass is 35.5. The maximum atomic E-state index is 12.5. The van der Waals surface area contributed by atoms with E-state index in [4.69, 9.17) is 16.3 Å². The molecule has 3 rings (SSSR count). The summed E-state index contributed by atoms with van der Waals surface area (Å²) in [6.45, 7) is 1.58. The zero-order valence-electron chi connectivity index (χ0n) is 15.2. The largest absolute Gasteiger partial charge is 0.497 e. The van der Waals surface area contributed by atoms with Crippen LogP contribution in [0.4, 0.5) is 5.69 Å². The van der Waals surface area contributed by atoms with Crippen LogP contribution in [0, 0.1) is 17.0 Å². The molecule has 0 radical (unpaired) electrons. The number of aromatic nitrogens is 1. The van der Waals surface area contributed by atoms with Crippen molar-refractivity contribution < 1.29 is 18.1 Å². The second-order valence-corrected chi connectivity index (χ2v) is 8.35. The molecule has 148 valence electrons. The number of nitro groups is 1. The molecule has 1 heterocycles. The number of nitrogens with one attached hydrogen (secondary N) is 2. The summed E-state index contributed by atoms with van der Waals surface area (Å²) in [7, 11) is -2.37. The number of rotatable bonds is 7. The van der Waals surface area contributed by atoms with E-state index in [1.165, 1.54) is 13.0 Å². The molecule has 0 amide bonds. The molecule has 0 aliphatic rings. The lowest BCUT2D eigenvalue weighted by atomic mass is 10.1. The lowest BCUT2D eigenvalue weighted by molar-refractivity contribution is -0.385. The van der Waals surface area contributed by atoms with E-state index in [9.17, 15) is 18.5 Å². The highest BCUT2D eigenvalue weighted by Crippen LogP contribution is 2.29. The van der Waals surface area contributed by atoms with Crippen LogP contribution in [-0.4, -0.2) is 32.0 Å². The first-order valence-corrected chi connectivity index (χ1v) is 10.2. The van der Waals surface area contributed by atoms with Gasteiger partial charge < -0.3 is 9.72 Å². The van der Waals surface area contributed by atoms with Crippen molar-refractivity contribution in [1.82, 2.24) is 9.71 Å². The summed E-state index contributed by atoms with van der Waals surface area (Å²) in [4.78, 5) is 13.4. The first kappa shape index (κ1) is 20.1. The Kier molecular flexibility index (Phi) is 5.59. The Balaban J connectivity index is 1.79. The minimum atomic E-state index is -3.95. The summed E-state index contributed by atoms with van der Waals surface area (Å²) >= 11 is 5.97. The molecule has 8 nitrogen and oxygen atoms in total. The summed E-state index contributed by atoms with van der Waals surface area (Å²) in [6, 6.07) is 7.82. The molecule has 0 fully saturated rings. The molecule has 0 atom stereocenters. The lowest BCUT2D eigenvalue weighted by Crippen LogP contribution is -2.26. The van der Waals surface area contributed by atoms with E-state index >= 15 is 0 Å². The van der Waals surface area contributed by atoms with E-state index in [1.807, 2.05) is 24.4 Å². The van der Waals surface area contributed by atoms with Gasteiger partial charge in [0.05, 0.1) is 22.0 Å². The van der Waals surface area contributed by atoms with Crippen LogP contribution in [0.25, 0.3) is 10.9 Å². The Morgan fingerprint density at radius 3 is 2.71 bits per heavy atom. The zero-order valence-corrected chi connectivity index (χ0v) is 16.7. The van der Waals surface area contributed by atoms with Crippen LogP contribution in [0.3, 0.4) is 0 Å². The van der Waals surface area contributed by atoms with Crippen molar-refractivity contribution in [2.45, 2.75) is 18.2 Å². The first-order valence-electron chi connectivity index (χ1n) is 8.31. The maximum absolute atomic E-state index is 12.5. The minimum absolute atomic E-state index is 0.0262.